The Balaban J connectivity index is 2.29. The molecule has 0 saturated heterocycles. The van der Waals surface area contributed by atoms with Crippen LogP contribution in [0.1, 0.15) is 329 Å². The molecule has 0 fully saturated rings. The van der Waals surface area contributed by atoms with Gasteiger partial charge in [-0.15, -0.1) is 10.2 Å². The van der Waals surface area contributed by atoms with Crippen molar-refractivity contribution in [3.63, 3.8) is 0 Å². The van der Waals surface area contributed by atoms with E-state index in [0.29, 0.717) is 0 Å². The first-order valence-corrected chi connectivity index (χ1v) is 29.3. The van der Waals surface area contributed by atoms with E-state index in [1.54, 1.807) is 0 Å². The Kier molecular flexibility index (Phi) is 48.5. The minimum absolute atomic E-state index is 0.872. The van der Waals surface area contributed by atoms with Crippen LogP contribution in [0.4, 0.5) is 17.3 Å². The van der Waals surface area contributed by atoms with Crippen molar-refractivity contribution in [3.8, 4) is 0 Å². The van der Waals surface area contributed by atoms with Crippen LogP contribution in [0, 0.1) is 0 Å². The van der Waals surface area contributed by atoms with E-state index in [9.17, 15) is 0 Å². The minimum atomic E-state index is 0.872. The van der Waals surface area contributed by atoms with Crippen molar-refractivity contribution in [2.24, 2.45) is 0 Å². The molecule has 1 aromatic rings. The fourth-order valence-electron chi connectivity index (χ4n) is 9.39. The average molecular weight is 884 g/mol. The fourth-order valence-corrected chi connectivity index (χ4v) is 9.39. The van der Waals surface area contributed by atoms with E-state index >= 15 is 0 Å². The van der Waals surface area contributed by atoms with Gasteiger partial charge >= 0.3 is 0 Å². The Labute approximate surface area is 395 Å². The van der Waals surface area contributed by atoms with Gasteiger partial charge in [-0.3, -0.25) is 0 Å². The molecule has 6 nitrogen and oxygen atoms in total. The molecule has 1 aromatic heterocycles. The summed E-state index contributed by atoms with van der Waals surface area (Å²) in [4.78, 5) is 0. The Morgan fingerprint density at radius 1 is 0.222 bits per heavy atom. The number of hydrogen-bond donors (Lipinski definition) is 3. The first kappa shape index (κ1) is 59.4. The summed E-state index contributed by atoms with van der Waals surface area (Å²) in [6.45, 7) is 9.78. The van der Waals surface area contributed by atoms with Crippen LogP contribution in [0.5, 0.6) is 0 Å². The molecule has 0 radical (unpaired) electrons. The van der Waals surface area contributed by atoms with Crippen LogP contribution in [0.25, 0.3) is 0 Å². The van der Waals surface area contributed by atoms with Crippen LogP contribution in [0.3, 0.4) is 0 Å². The van der Waals surface area contributed by atoms with Gasteiger partial charge in [0, 0.05) is 19.6 Å². The van der Waals surface area contributed by atoms with Crippen molar-refractivity contribution in [2.75, 3.05) is 35.6 Å². The molecular weight excluding hydrogens is 769 g/mol. The number of nitrogens with one attached hydrogen (secondary N) is 3. The lowest BCUT2D eigenvalue weighted by Crippen LogP contribution is -2.15. The zero-order valence-electron chi connectivity index (χ0n) is 43.4. The standard InChI is InChI=1S/C57H114N6/c1-4-7-10-13-16-19-22-25-28-31-34-37-40-43-46-49-52-58-55-56(59-53-50-47-44-41-38-35-32-29-26-23-20-17-14-11-8-5-2)61-63-62-57(55)60-54-51-48-45-42-39-36-33-30-27-24-21-18-15-12-9-6-3/h4-54H2,1-3H3,(H,58,63)(H2,59,60,61,62). The van der Waals surface area contributed by atoms with Gasteiger partial charge in [0.1, 0.15) is 5.69 Å². The Morgan fingerprint density at radius 2 is 0.397 bits per heavy atom. The van der Waals surface area contributed by atoms with Gasteiger partial charge in [0.05, 0.1) is 0 Å². The van der Waals surface area contributed by atoms with Crippen molar-refractivity contribution in [1.82, 2.24) is 15.4 Å². The summed E-state index contributed by atoms with van der Waals surface area (Å²) in [5, 5.41) is 24.3. The van der Waals surface area contributed by atoms with Gasteiger partial charge in [0.2, 0.25) is 0 Å². The largest absolute Gasteiger partial charge is 0.379 e. The van der Waals surface area contributed by atoms with Crippen LogP contribution < -0.4 is 16.0 Å². The molecule has 372 valence electrons. The van der Waals surface area contributed by atoms with Crippen molar-refractivity contribution in [3.05, 3.63) is 0 Å². The topological polar surface area (TPSA) is 74.8 Å². The van der Waals surface area contributed by atoms with E-state index in [0.717, 1.165) is 37.0 Å². The maximum Gasteiger partial charge on any atom is 0.177 e. The Morgan fingerprint density at radius 3 is 0.603 bits per heavy atom. The number of unbranched alkanes of at least 4 members (excludes halogenated alkanes) is 45. The van der Waals surface area contributed by atoms with Gasteiger partial charge in [-0.25, -0.2) is 0 Å². The molecule has 0 aliphatic carbocycles. The lowest BCUT2D eigenvalue weighted by Gasteiger charge is -2.16. The molecule has 3 N–H and O–H groups in total. The number of nitrogens with zero attached hydrogens (tertiary/aromatic N) is 3. The first-order valence-electron chi connectivity index (χ1n) is 29.3. The Hall–Kier alpha value is -1.59. The molecule has 0 unspecified atom stereocenters. The predicted molar refractivity (Wildman–Crippen MR) is 284 cm³/mol. The maximum absolute atomic E-state index is 4.50. The van der Waals surface area contributed by atoms with E-state index in [2.05, 4.69) is 52.1 Å². The highest BCUT2D eigenvalue weighted by Gasteiger charge is 2.12. The maximum atomic E-state index is 4.50. The number of hydrogen-bond acceptors (Lipinski definition) is 6. The second-order valence-corrected chi connectivity index (χ2v) is 20.1. The second kappa shape index (κ2) is 51.4. The molecule has 0 aliphatic rings. The van der Waals surface area contributed by atoms with Gasteiger partial charge in [0.15, 0.2) is 11.6 Å². The van der Waals surface area contributed by atoms with Crippen LogP contribution in [-0.4, -0.2) is 35.0 Å². The molecule has 0 saturated carbocycles. The van der Waals surface area contributed by atoms with Crippen molar-refractivity contribution in [1.29, 1.82) is 0 Å². The third-order valence-electron chi connectivity index (χ3n) is 13.7. The van der Waals surface area contributed by atoms with Gasteiger partial charge in [-0.1, -0.05) is 310 Å². The van der Waals surface area contributed by atoms with E-state index in [-0.39, 0.29) is 0 Å². The van der Waals surface area contributed by atoms with E-state index in [1.165, 1.54) is 308 Å². The molecule has 0 aromatic carbocycles. The third-order valence-corrected chi connectivity index (χ3v) is 13.7. The summed E-state index contributed by atoms with van der Waals surface area (Å²) in [5.41, 5.74) is 1.03. The van der Waals surface area contributed by atoms with Crippen molar-refractivity contribution < 1.29 is 0 Å². The third kappa shape index (κ3) is 42.8. The van der Waals surface area contributed by atoms with Gasteiger partial charge < -0.3 is 16.0 Å². The normalized spacial score (nSPS) is 11.5. The molecule has 6 heteroatoms. The summed E-state index contributed by atoms with van der Waals surface area (Å²) in [6, 6.07) is 0. The zero-order chi connectivity index (χ0) is 45.0. The average Bonchev–Trinajstić information content (AvgIpc) is 3.30. The van der Waals surface area contributed by atoms with Crippen LogP contribution >= 0.6 is 0 Å². The molecular formula is C57H114N6. The SMILES string of the molecule is CCCCCCCCCCCCCCCCCCNc1nnnc(NCCCCCCCCCCCCCCCCCC)c1NCCCCCCCCCCCCCCCCCC. The minimum Gasteiger partial charge on any atom is -0.379 e. The molecule has 1 heterocycles. The lowest BCUT2D eigenvalue weighted by molar-refractivity contribution is 0.530. The smallest absolute Gasteiger partial charge is 0.177 e. The van der Waals surface area contributed by atoms with Crippen molar-refractivity contribution in [2.45, 2.75) is 329 Å². The summed E-state index contributed by atoms with van der Waals surface area (Å²) < 4.78 is 0. The molecule has 0 amide bonds. The zero-order valence-corrected chi connectivity index (χ0v) is 43.4. The van der Waals surface area contributed by atoms with Gasteiger partial charge in [-0.2, -0.15) is 0 Å². The lowest BCUT2D eigenvalue weighted by atomic mass is 10.0. The van der Waals surface area contributed by atoms with E-state index in [1.807, 2.05) is 0 Å². The first-order chi connectivity index (χ1) is 31.3. The number of rotatable bonds is 54. The fraction of sp³-hybridized carbons (Fsp3) is 0.947. The molecule has 0 bridgehead atoms. The number of anilines is 3. The summed E-state index contributed by atoms with van der Waals surface area (Å²) in [6.07, 6.45) is 67.2. The highest BCUT2D eigenvalue weighted by Crippen LogP contribution is 2.27. The van der Waals surface area contributed by atoms with Gasteiger partial charge in [0.25, 0.3) is 0 Å². The highest BCUT2D eigenvalue weighted by atomic mass is 15.4. The summed E-state index contributed by atoms with van der Waals surface area (Å²) in [5.74, 6) is 1.74. The van der Waals surface area contributed by atoms with Crippen LogP contribution in [0.2, 0.25) is 0 Å². The monoisotopic (exact) mass is 883 g/mol. The highest BCUT2D eigenvalue weighted by molar-refractivity contribution is 5.76. The molecule has 0 atom stereocenters. The summed E-state index contributed by atoms with van der Waals surface area (Å²) in [7, 11) is 0. The van der Waals surface area contributed by atoms with Crippen molar-refractivity contribution >= 4 is 17.3 Å². The van der Waals surface area contributed by atoms with E-state index in [4.69, 9.17) is 0 Å². The van der Waals surface area contributed by atoms with Crippen LogP contribution in [-0.2, 0) is 0 Å². The predicted octanol–water partition coefficient (Wildman–Crippen LogP) is 19.9. The van der Waals surface area contributed by atoms with Crippen LogP contribution in [0.15, 0.2) is 0 Å². The molecule has 63 heavy (non-hydrogen) atoms. The van der Waals surface area contributed by atoms with Gasteiger partial charge in [-0.05, 0) is 24.5 Å². The Bertz CT molecular complexity index is 947. The molecule has 1 rings (SSSR count). The summed E-state index contributed by atoms with van der Waals surface area (Å²) >= 11 is 0. The quantitative estimate of drug-likeness (QED) is 0.0566. The molecule has 0 spiro atoms. The second-order valence-electron chi connectivity index (χ2n) is 20.1. The van der Waals surface area contributed by atoms with E-state index < -0.39 is 0 Å². The molecule has 0 aliphatic heterocycles. The number of aromatic nitrogens is 3.